The van der Waals surface area contributed by atoms with Gasteiger partial charge in [0.05, 0.1) is 38.9 Å². The van der Waals surface area contributed by atoms with Gasteiger partial charge in [-0.1, -0.05) is 27.7 Å². The molecule has 2 amide bonds. The Morgan fingerprint density at radius 3 is 2.10 bits per heavy atom. The van der Waals surface area contributed by atoms with Crippen molar-refractivity contribution in [1.82, 2.24) is 19.2 Å². The second-order valence-electron chi connectivity index (χ2n) is 17.2. The molecule has 0 saturated carbocycles. The van der Waals surface area contributed by atoms with E-state index in [1.165, 1.54) is 82.9 Å². The quantitative estimate of drug-likeness (QED) is 0.0378. The highest BCUT2D eigenvalue weighted by atomic mass is 32.1. The molecule has 0 unspecified atom stereocenters. The van der Waals surface area contributed by atoms with Crippen molar-refractivity contribution in [3.8, 4) is 0 Å². The minimum absolute atomic E-state index is 0.00926. The van der Waals surface area contributed by atoms with Gasteiger partial charge in [0, 0.05) is 54.9 Å². The first-order valence-corrected chi connectivity index (χ1v) is 23.4. The summed E-state index contributed by atoms with van der Waals surface area (Å²) in [7, 11) is -2.36. The molecule has 20 heteroatoms. The number of rotatable bonds is 13. The average molecular weight is 875 g/mol. The Morgan fingerprint density at radius 1 is 0.984 bits per heavy atom. The van der Waals surface area contributed by atoms with Gasteiger partial charge < -0.3 is 23.9 Å². The maximum absolute atomic E-state index is 14.6. The Kier molecular flexibility index (Phi) is 11.5. The highest BCUT2D eigenvalue weighted by molar-refractivity contribution is 7.18. The van der Waals surface area contributed by atoms with Crippen molar-refractivity contribution in [3.63, 3.8) is 0 Å². The number of imidazole rings is 1. The van der Waals surface area contributed by atoms with Gasteiger partial charge in [-0.2, -0.15) is 0 Å². The fourth-order valence-electron chi connectivity index (χ4n) is 7.93. The lowest BCUT2D eigenvalue weighted by atomic mass is 9.77. The van der Waals surface area contributed by atoms with E-state index >= 15 is 0 Å². The normalized spacial score (nSPS) is 22.0. The summed E-state index contributed by atoms with van der Waals surface area (Å²) in [6.07, 6.45) is 1.13. The molecule has 2 aromatic heterocycles. The molecule has 2 fully saturated rings. The van der Waals surface area contributed by atoms with Crippen molar-refractivity contribution < 1.29 is 48.0 Å². The van der Waals surface area contributed by atoms with E-state index in [0.717, 1.165) is 0 Å². The molecule has 1 N–H and O–H groups in total. The Morgan fingerprint density at radius 2 is 1.56 bits per heavy atom. The number of fused-ring (bicyclic) bond motifs is 2. The molecule has 61 heavy (non-hydrogen) atoms. The Bertz CT molecular complexity index is 2460. The van der Waals surface area contributed by atoms with Crippen LogP contribution in [0.3, 0.4) is 0 Å². The molecule has 3 aliphatic rings. The van der Waals surface area contributed by atoms with E-state index in [2.05, 4.69) is 38.8 Å². The molecule has 5 heterocycles. The number of non-ortho nitro benzene ring substituents is 2. The Labute approximate surface area is 355 Å². The third kappa shape index (κ3) is 8.07. The van der Waals surface area contributed by atoms with Crippen molar-refractivity contribution in [3.05, 3.63) is 109 Å². The van der Waals surface area contributed by atoms with Crippen molar-refractivity contribution in [2.24, 2.45) is 11.8 Å². The number of amides is 2. The van der Waals surface area contributed by atoms with Gasteiger partial charge in [-0.3, -0.25) is 39.1 Å². The number of hydrogen-bond donors (Lipinski definition) is 1. The zero-order chi connectivity index (χ0) is 44.3. The lowest BCUT2D eigenvalue weighted by Gasteiger charge is -2.46. The number of ether oxygens (including phenoxy) is 2. The number of aliphatic hydroxyl groups excluding tert-OH is 1. The number of nitrogens with zero attached hydrogens (tertiary/aromatic N) is 6. The number of ketones is 1. The molecule has 2 saturated heterocycles. The van der Waals surface area contributed by atoms with Gasteiger partial charge in [-0.25, -0.2) is 14.6 Å². The Hall–Kier alpha value is -5.83. The monoisotopic (exact) mass is 874 g/mol. The summed E-state index contributed by atoms with van der Waals surface area (Å²) in [4.78, 5) is 85.1. The van der Waals surface area contributed by atoms with E-state index in [9.17, 15) is 44.5 Å². The van der Waals surface area contributed by atoms with Crippen LogP contribution in [0.2, 0.25) is 18.1 Å². The number of aliphatic hydroxyl groups is 1. The van der Waals surface area contributed by atoms with Crippen LogP contribution < -0.4 is 0 Å². The lowest BCUT2D eigenvalue weighted by molar-refractivity contribution is -0.385. The zero-order valence-corrected chi connectivity index (χ0v) is 36.4. The lowest BCUT2D eigenvalue weighted by Crippen LogP contribution is -2.63. The fraction of sp³-hybridized carbons (Fsp3) is 0.439. The number of likely N-dealkylation sites (tertiary alicyclic amines) is 1. The number of β-lactam (4-membered cyclic amide) rings is 1. The van der Waals surface area contributed by atoms with Gasteiger partial charge in [0.1, 0.15) is 41.8 Å². The summed E-state index contributed by atoms with van der Waals surface area (Å²) in [6.45, 7) is 13.5. The molecule has 3 aliphatic heterocycles. The molecule has 2 aromatic carbocycles. The van der Waals surface area contributed by atoms with Gasteiger partial charge in [0.2, 0.25) is 11.7 Å². The highest BCUT2D eigenvalue weighted by Gasteiger charge is 2.60. The number of nitro groups is 2. The van der Waals surface area contributed by atoms with Gasteiger partial charge >= 0.3 is 12.1 Å². The maximum atomic E-state index is 14.6. The molecule has 0 aliphatic carbocycles. The van der Waals surface area contributed by atoms with Crippen LogP contribution >= 0.6 is 11.3 Å². The standard InChI is InChI=1S/C41H46N6O12SSi/c1-22-31(35(45-34(22)32(23(2)48)37(45)50)39(51)57-19-24-8-12-26(13-9-24)46(53)54)30-18-43-21-42-33(38(43)60-30)36(49)29-16-28(59-61(6,7)41(3,4)5)17-44(29)40(52)58-20-25-10-14-27(15-11-25)47(55)56/h8-15,18,21-23,28-29,32,34,48H,16-17,19-20H2,1-7H3/t22-,23+,28+,29-,32+,34+/m0/s1. The van der Waals surface area contributed by atoms with Crippen LogP contribution in [0.4, 0.5) is 16.2 Å². The predicted molar refractivity (Wildman–Crippen MR) is 223 cm³/mol. The summed E-state index contributed by atoms with van der Waals surface area (Å²) in [6, 6.07) is 9.61. The second kappa shape index (κ2) is 16.2. The summed E-state index contributed by atoms with van der Waals surface area (Å²) in [5.74, 6) is -2.87. The third-order valence-electron chi connectivity index (χ3n) is 12.2. The van der Waals surface area contributed by atoms with Crippen LogP contribution in [0.5, 0.6) is 0 Å². The molecule has 0 radical (unpaired) electrons. The maximum Gasteiger partial charge on any atom is 0.410 e. The topological polar surface area (TPSA) is 226 Å². The van der Waals surface area contributed by atoms with E-state index in [4.69, 9.17) is 13.9 Å². The number of nitro benzene ring substituents is 2. The van der Waals surface area contributed by atoms with Crippen molar-refractivity contribution in [2.45, 2.75) is 96.7 Å². The summed E-state index contributed by atoms with van der Waals surface area (Å²) in [5, 5.41) is 32.6. The number of carbonyl (C=O) groups is 4. The van der Waals surface area contributed by atoms with Crippen LogP contribution in [0.15, 0.2) is 66.8 Å². The first-order chi connectivity index (χ1) is 28.7. The van der Waals surface area contributed by atoms with Crippen molar-refractivity contribution >= 4 is 65.2 Å². The Balaban J connectivity index is 1.18. The number of carbonyl (C=O) groups excluding carboxylic acids is 4. The van der Waals surface area contributed by atoms with E-state index in [0.29, 0.717) is 26.4 Å². The van der Waals surface area contributed by atoms with Crippen LogP contribution in [0.1, 0.15) is 67.5 Å². The van der Waals surface area contributed by atoms with Gasteiger partial charge in [-0.15, -0.1) is 11.3 Å². The molecule has 4 aromatic rings. The zero-order valence-electron chi connectivity index (χ0n) is 34.6. The fourth-order valence-corrected chi connectivity index (χ4v) is 10.5. The number of esters is 1. The van der Waals surface area contributed by atoms with Crippen LogP contribution in [-0.4, -0.2) is 97.0 Å². The van der Waals surface area contributed by atoms with Crippen molar-refractivity contribution in [1.29, 1.82) is 0 Å². The van der Waals surface area contributed by atoms with Gasteiger partial charge in [0.15, 0.2) is 8.32 Å². The smallest absolute Gasteiger partial charge is 0.410 e. The third-order valence-corrected chi connectivity index (χ3v) is 17.8. The van der Waals surface area contributed by atoms with Crippen molar-refractivity contribution in [2.75, 3.05) is 6.54 Å². The van der Waals surface area contributed by atoms with Crippen LogP contribution in [-0.2, 0) is 36.7 Å². The first kappa shape index (κ1) is 43.3. The molecule has 18 nitrogen and oxygen atoms in total. The van der Waals surface area contributed by atoms with E-state index < -0.39 is 78.0 Å². The summed E-state index contributed by atoms with van der Waals surface area (Å²) in [5.41, 5.74) is 1.37. The minimum Gasteiger partial charge on any atom is -0.456 e. The van der Waals surface area contributed by atoms with E-state index in [1.807, 2.05) is 6.92 Å². The number of benzene rings is 2. The molecular weight excluding hydrogens is 829 g/mol. The number of Topliss-reactive ketones (excluding diaryl/α,β-unsaturated/α-hetero) is 1. The number of aromatic nitrogens is 2. The van der Waals surface area contributed by atoms with Crippen LogP contribution in [0.25, 0.3) is 10.4 Å². The largest absolute Gasteiger partial charge is 0.456 e. The molecule has 322 valence electrons. The minimum atomic E-state index is -2.36. The summed E-state index contributed by atoms with van der Waals surface area (Å²) < 4.78 is 19.7. The molecule has 0 spiro atoms. The van der Waals surface area contributed by atoms with Crippen LogP contribution in [0, 0.1) is 32.1 Å². The van der Waals surface area contributed by atoms with E-state index in [-0.39, 0.29) is 54.0 Å². The highest BCUT2D eigenvalue weighted by Crippen LogP contribution is 2.52. The van der Waals surface area contributed by atoms with E-state index in [1.54, 1.807) is 10.6 Å². The number of hydrogen-bond acceptors (Lipinski definition) is 14. The molecule has 7 rings (SSSR count). The van der Waals surface area contributed by atoms with Gasteiger partial charge in [-0.05, 0) is 60.4 Å². The average Bonchev–Trinajstić information content (AvgIpc) is 3.96. The second-order valence-corrected chi connectivity index (χ2v) is 23.0. The molecule has 6 atom stereocenters. The summed E-state index contributed by atoms with van der Waals surface area (Å²) >= 11 is 1.18. The SMILES string of the molecule is C[C@@H](O)[C@H]1C(=O)N2C(C(=O)OCc3ccc([N+](=O)[O-])cc3)=C(c3cn4cnc(C(=O)[C@@H]5C[C@@H](O[Si](C)(C)C(C)(C)C)CN5C(=O)OCc5ccc([N+](=O)[O-])cc5)c4s3)[C@H](C)[C@H]12. The molecule has 0 bridgehead atoms. The predicted octanol–water partition coefficient (Wildman–Crippen LogP) is 6.51. The molecular formula is C41H46N6O12SSi. The van der Waals surface area contributed by atoms with Gasteiger partial charge in [0.25, 0.3) is 11.4 Å². The first-order valence-electron chi connectivity index (χ1n) is 19.7. The number of thiazole rings is 1.